The highest BCUT2D eigenvalue weighted by Gasteiger charge is 2.16. The van der Waals surface area contributed by atoms with Gasteiger partial charge in [0.05, 0.1) is 5.52 Å². The molecule has 5 nitrogen and oxygen atoms in total. The minimum Gasteiger partial charge on any atom is -0.480 e. The monoisotopic (exact) mass is 244 g/mol. The number of nitrogens with one attached hydrogen (secondary N) is 1. The maximum atomic E-state index is 12.0. The minimum absolute atomic E-state index is 0.413. The van der Waals surface area contributed by atoms with Gasteiger partial charge in [0.1, 0.15) is 6.04 Å². The summed E-state index contributed by atoms with van der Waals surface area (Å²) in [5.41, 5.74) is 1.13. The highest BCUT2D eigenvalue weighted by molar-refractivity contribution is 6.07. The van der Waals surface area contributed by atoms with Gasteiger partial charge in [-0.25, -0.2) is 0 Å². The molecule has 0 saturated heterocycles. The molecule has 5 heteroatoms. The number of pyridine rings is 1. The second kappa shape index (κ2) is 4.83. The molecule has 1 unspecified atom stereocenters. The minimum atomic E-state index is -1.07. The number of hydrogen-bond donors (Lipinski definition) is 2. The molecule has 1 aromatic carbocycles. The molecule has 92 valence electrons. The van der Waals surface area contributed by atoms with E-state index >= 15 is 0 Å². The molecule has 0 saturated carbocycles. The number of carbonyl (C=O) groups excluding carboxylic acids is 1. The fraction of sp³-hybridized carbons (Fsp3) is 0.154. The highest BCUT2D eigenvalue weighted by atomic mass is 16.4. The van der Waals surface area contributed by atoms with Gasteiger partial charge in [-0.15, -0.1) is 0 Å². The van der Waals surface area contributed by atoms with E-state index in [1.807, 2.05) is 0 Å². The molecule has 1 atom stereocenters. The molecule has 0 bridgehead atoms. The van der Waals surface area contributed by atoms with E-state index in [1.54, 1.807) is 36.5 Å². The first-order valence-electron chi connectivity index (χ1n) is 5.47. The van der Waals surface area contributed by atoms with Crippen molar-refractivity contribution in [3.8, 4) is 0 Å². The second-order valence-electron chi connectivity index (χ2n) is 3.91. The Morgan fingerprint density at radius 3 is 2.78 bits per heavy atom. The molecule has 2 rings (SSSR count). The van der Waals surface area contributed by atoms with Crippen molar-refractivity contribution >= 4 is 22.8 Å². The van der Waals surface area contributed by atoms with E-state index in [0.717, 1.165) is 0 Å². The third kappa shape index (κ3) is 2.29. The van der Waals surface area contributed by atoms with Crippen molar-refractivity contribution < 1.29 is 14.7 Å². The van der Waals surface area contributed by atoms with E-state index in [0.29, 0.717) is 16.5 Å². The zero-order chi connectivity index (χ0) is 13.1. The van der Waals surface area contributed by atoms with Crippen molar-refractivity contribution in [1.82, 2.24) is 10.3 Å². The van der Waals surface area contributed by atoms with Crippen LogP contribution in [0.1, 0.15) is 17.3 Å². The Bertz CT molecular complexity index is 605. The third-order valence-electron chi connectivity index (χ3n) is 2.61. The summed E-state index contributed by atoms with van der Waals surface area (Å²) in [6.45, 7) is 1.42. The summed E-state index contributed by atoms with van der Waals surface area (Å²) in [5, 5.41) is 11.9. The molecule has 0 fully saturated rings. The van der Waals surface area contributed by atoms with Crippen LogP contribution in [0, 0.1) is 0 Å². The number of carboxylic acid groups (broad SMARTS) is 1. The fourth-order valence-corrected chi connectivity index (χ4v) is 1.64. The number of aliphatic carboxylic acids is 1. The quantitative estimate of drug-likeness (QED) is 0.856. The largest absolute Gasteiger partial charge is 0.480 e. The topological polar surface area (TPSA) is 79.3 Å². The number of carbonyl (C=O) groups is 2. The summed E-state index contributed by atoms with van der Waals surface area (Å²) < 4.78 is 0. The Morgan fingerprint density at radius 1 is 1.28 bits per heavy atom. The normalized spacial score (nSPS) is 12.1. The van der Waals surface area contributed by atoms with Crippen LogP contribution in [-0.2, 0) is 4.79 Å². The Morgan fingerprint density at radius 2 is 2.06 bits per heavy atom. The van der Waals surface area contributed by atoms with Gasteiger partial charge in [-0.3, -0.25) is 14.6 Å². The molecule has 1 aromatic heterocycles. The van der Waals surface area contributed by atoms with Crippen molar-refractivity contribution in [3.05, 3.63) is 42.1 Å². The summed E-state index contributed by atoms with van der Waals surface area (Å²) in [5.74, 6) is -1.48. The number of carboxylic acids is 1. The van der Waals surface area contributed by atoms with Gasteiger partial charge in [0.2, 0.25) is 0 Å². The van der Waals surface area contributed by atoms with Crippen LogP contribution in [0.25, 0.3) is 10.9 Å². The van der Waals surface area contributed by atoms with Gasteiger partial charge in [0.25, 0.3) is 5.91 Å². The van der Waals surface area contributed by atoms with Crippen LogP contribution in [0.15, 0.2) is 36.5 Å². The van der Waals surface area contributed by atoms with Crippen LogP contribution in [-0.4, -0.2) is 28.0 Å². The number of benzene rings is 1. The maximum absolute atomic E-state index is 12.0. The van der Waals surface area contributed by atoms with Crippen LogP contribution in [0.5, 0.6) is 0 Å². The van der Waals surface area contributed by atoms with E-state index in [1.165, 1.54) is 6.92 Å². The Balaban J connectivity index is 2.36. The molecule has 0 aliphatic heterocycles. The molecule has 2 aromatic rings. The van der Waals surface area contributed by atoms with E-state index < -0.39 is 17.9 Å². The number of nitrogens with zero attached hydrogens (tertiary/aromatic N) is 1. The lowest BCUT2D eigenvalue weighted by molar-refractivity contribution is -0.138. The third-order valence-corrected chi connectivity index (χ3v) is 2.61. The SMILES string of the molecule is CC(NC(=O)c1cccc2ncccc12)C(=O)O. The van der Waals surface area contributed by atoms with E-state index in [4.69, 9.17) is 5.11 Å². The highest BCUT2D eigenvalue weighted by Crippen LogP contribution is 2.16. The molecule has 2 N–H and O–H groups in total. The number of rotatable bonds is 3. The lowest BCUT2D eigenvalue weighted by Crippen LogP contribution is -2.38. The van der Waals surface area contributed by atoms with Gasteiger partial charge in [-0.2, -0.15) is 0 Å². The Kier molecular flexibility index (Phi) is 3.23. The summed E-state index contributed by atoms with van der Waals surface area (Å²) in [6, 6.07) is 7.75. The van der Waals surface area contributed by atoms with Crippen LogP contribution in [0.2, 0.25) is 0 Å². The van der Waals surface area contributed by atoms with Crippen LogP contribution >= 0.6 is 0 Å². The van der Waals surface area contributed by atoms with Crippen molar-refractivity contribution in [2.45, 2.75) is 13.0 Å². The molecule has 18 heavy (non-hydrogen) atoms. The van der Waals surface area contributed by atoms with Crippen molar-refractivity contribution in [2.24, 2.45) is 0 Å². The lowest BCUT2D eigenvalue weighted by atomic mass is 10.1. The standard InChI is InChI=1S/C13H12N2O3/c1-8(13(17)18)15-12(16)10-4-2-6-11-9(10)5-3-7-14-11/h2-8H,1H3,(H,15,16)(H,17,18). The van der Waals surface area contributed by atoms with Gasteiger partial charge in [0.15, 0.2) is 0 Å². The van der Waals surface area contributed by atoms with E-state index in [2.05, 4.69) is 10.3 Å². The van der Waals surface area contributed by atoms with Gasteiger partial charge in [-0.05, 0) is 25.1 Å². The molecular weight excluding hydrogens is 232 g/mol. The predicted molar refractivity (Wildman–Crippen MR) is 66.3 cm³/mol. The zero-order valence-electron chi connectivity index (χ0n) is 9.75. The summed E-state index contributed by atoms with van der Waals surface area (Å²) >= 11 is 0. The molecule has 0 spiro atoms. The summed E-state index contributed by atoms with van der Waals surface area (Å²) in [6.07, 6.45) is 1.64. The van der Waals surface area contributed by atoms with Gasteiger partial charge >= 0.3 is 5.97 Å². The average molecular weight is 244 g/mol. The lowest BCUT2D eigenvalue weighted by Gasteiger charge is -2.10. The predicted octanol–water partition coefficient (Wildman–Crippen LogP) is 1.44. The second-order valence-corrected chi connectivity index (χ2v) is 3.91. The molecular formula is C13H12N2O3. The van der Waals surface area contributed by atoms with Crippen molar-refractivity contribution in [1.29, 1.82) is 0 Å². The van der Waals surface area contributed by atoms with Crippen LogP contribution < -0.4 is 5.32 Å². The molecule has 1 amide bonds. The molecule has 0 radical (unpaired) electrons. The van der Waals surface area contributed by atoms with Gasteiger partial charge in [0, 0.05) is 17.1 Å². The van der Waals surface area contributed by atoms with E-state index in [-0.39, 0.29) is 0 Å². The first-order chi connectivity index (χ1) is 8.59. The first kappa shape index (κ1) is 12.0. The first-order valence-corrected chi connectivity index (χ1v) is 5.47. The van der Waals surface area contributed by atoms with E-state index in [9.17, 15) is 9.59 Å². The zero-order valence-corrected chi connectivity index (χ0v) is 9.75. The maximum Gasteiger partial charge on any atom is 0.325 e. The Hall–Kier alpha value is -2.43. The van der Waals surface area contributed by atoms with Crippen LogP contribution in [0.4, 0.5) is 0 Å². The molecule has 1 heterocycles. The number of fused-ring (bicyclic) bond motifs is 1. The number of aromatic nitrogens is 1. The van der Waals surface area contributed by atoms with Crippen molar-refractivity contribution in [2.75, 3.05) is 0 Å². The summed E-state index contributed by atoms with van der Waals surface area (Å²) in [7, 11) is 0. The van der Waals surface area contributed by atoms with Crippen molar-refractivity contribution in [3.63, 3.8) is 0 Å². The number of hydrogen-bond acceptors (Lipinski definition) is 3. The molecule has 0 aliphatic rings. The smallest absolute Gasteiger partial charge is 0.325 e. The summed E-state index contributed by atoms with van der Waals surface area (Å²) in [4.78, 5) is 26.8. The van der Waals surface area contributed by atoms with Gasteiger partial charge in [-0.1, -0.05) is 12.1 Å². The van der Waals surface area contributed by atoms with Gasteiger partial charge < -0.3 is 10.4 Å². The number of amides is 1. The average Bonchev–Trinajstić information content (AvgIpc) is 2.37. The molecule has 0 aliphatic carbocycles. The fourth-order valence-electron chi connectivity index (χ4n) is 1.64. The van der Waals surface area contributed by atoms with Crippen LogP contribution in [0.3, 0.4) is 0 Å². The Labute approximate surface area is 103 Å².